The topological polar surface area (TPSA) is 69.2 Å². The van der Waals surface area contributed by atoms with Gasteiger partial charge < -0.3 is 5.73 Å². The molecule has 1 fully saturated rings. The van der Waals surface area contributed by atoms with Crippen LogP contribution in [-0.4, -0.2) is 11.5 Å². The molecule has 2 rings (SSSR count). The first kappa shape index (κ1) is 14.0. The predicted octanol–water partition coefficient (Wildman–Crippen LogP) is 3.61. The van der Waals surface area contributed by atoms with Gasteiger partial charge in [-0.05, 0) is 62.5 Å². The van der Waals surface area contributed by atoms with Crippen molar-refractivity contribution < 1.29 is 4.92 Å². The Kier molecular flexibility index (Phi) is 4.91. The van der Waals surface area contributed by atoms with Gasteiger partial charge in [0.15, 0.2) is 0 Å². The van der Waals surface area contributed by atoms with Crippen molar-refractivity contribution >= 4 is 5.69 Å². The lowest BCUT2D eigenvalue weighted by Crippen LogP contribution is -2.14. The van der Waals surface area contributed by atoms with Gasteiger partial charge in [0.1, 0.15) is 0 Å². The summed E-state index contributed by atoms with van der Waals surface area (Å²) in [6.45, 7) is 0.783. The summed E-state index contributed by atoms with van der Waals surface area (Å²) in [6.07, 6.45) is 7.11. The van der Waals surface area contributed by atoms with E-state index in [-0.39, 0.29) is 10.6 Å². The number of hydrogen-bond acceptors (Lipinski definition) is 3. The molecule has 104 valence electrons. The Labute approximate surface area is 114 Å². The van der Waals surface area contributed by atoms with E-state index in [0.29, 0.717) is 5.92 Å². The van der Waals surface area contributed by atoms with Crippen molar-refractivity contribution in [3.63, 3.8) is 0 Å². The minimum Gasteiger partial charge on any atom is -0.330 e. The zero-order chi connectivity index (χ0) is 13.7. The van der Waals surface area contributed by atoms with Gasteiger partial charge in [0.05, 0.1) is 4.92 Å². The molecule has 0 heterocycles. The van der Waals surface area contributed by atoms with Crippen molar-refractivity contribution in [3.8, 4) is 0 Å². The quantitative estimate of drug-likeness (QED) is 0.651. The van der Waals surface area contributed by atoms with E-state index in [2.05, 4.69) is 0 Å². The second-order valence-electron chi connectivity index (χ2n) is 5.50. The Hall–Kier alpha value is -1.42. The minimum atomic E-state index is -0.309. The average Bonchev–Trinajstić information content (AvgIpc) is 2.46. The summed E-state index contributed by atoms with van der Waals surface area (Å²) in [5, 5.41) is 10.8. The molecule has 0 aromatic heterocycles. The number of nitrogens with two attached hydrogens (primary N) is 1. The third-order valence-corrected chi connectivity index (χ3v) is 4.22. The van der Waals surface area contributed by atoms with Crippen molar-refractivity contribution in [2.45, 2.75) is 44.4 Å². The highest BCUT2D eigenvalue weighted by molar-refractivity contribution is 5.36. The monoisotopic (exact) mass is 262 g/mol. The van der Waals surface area contributed by atoms with Gasteiger partial charge in [-0.1, -0.05) is 12.1 Å². The molecule has 0 bridgehead atoms. The van der Waals surface area contributed by atoms with Crippen LogP contribution in [0.5, 0.6) is 0 Å². The Bertz CT molecular complexity index is 426. The van der Waals surface area contributed by atoms with Gasteiger partial charge in [-0.3, -0.25) is 10.1 Å². The molecule has 2 N–H and O–H groups in total. The van der Waals surface area contributed by atoms with Gasteiger partial charge in [-0.25, -0.2) is 0 Å². The summed E-state index contributed by atoms with van der Waals surface area (Å²) in [6, 6.07) is 7.13. The third-order valence-electron chi connectivity index (χ3n) is 4.22. The fraction of sp³-hybridized carbons (Fsp3) is 0.600. The summed E-state index contributed by atoms with van der Waals surface area (Å²) in [7, 11) is 0. The zero-order valence-corrected chi connectivity index (χ0v) is 11.3. The van der Waals surface area contributed by atoms with Crippen LogP contribution in [0.1, 0.15) is 50.0 Å². The number of rotatable bonds is 5. The van der Waals surface area contributed by atoms with Crippen LogP contribution in [0.3, 0.4) is 0 Å². The van der Waals surface area contributed by atoms with Crippen LogP contribution < -0.4 is 5.73 Å². The Morgan fingerprint density at radius 3 is 2.63 bits per heavy atom. The van der Waals surface area contributed by atoms with Crippen LogP contribution in [0.15, 0.2) is 24.3 Å². The second kappa shape index (κ2) is 6.66. The van der Waals surface area contributed by atoms with Gasteiger partial charge >= 0.3 is 0 Å². The molecule has 0 atom stereocenters. The number of nitro benzene ring substituents is 1. The standard InChI is InChI=1S/C15H22N2O2/c16-10-2-3-12-6-8-13(9-7-12)14-4-1-5-15(11-14)17(18)19/h1,4-5,11-13H,2-3,6-10,16H2. The SMILES string of the molecule is NCCCC1CCC(c2cccc([N+](=O)[O-])c2)CC1. The van der Waals surface area contributed by atoms with E-state index in [0.717, 1.165) is 37.3 Å². The molecular weight excluding hydrogens is 240 g/mol. The van der Waals surface area contributed by atoms with E-state index >= 15 is 0 Å². The molecule has 1 aromatic rings. The average molecular weight is 262 g/mol. The number of nitro groups is 1. The van der Waals surface area contributed by atoms with Crippen molar-refractivity contribution in [1.82, 2.24) is 0 Å². The first-order valence-electron chi connectivity index (χ1n) is 7.15. The Morgan fingerprint density at radius 1 is 1.26 bits per heavy atom. The van der Waals surface area contributed by atoms with Crippen molar-refractivity contribution in [2.24, 2.45) is 11.7 Å². The zero-order valence-electron chi connectivity index (χ0n) is 11.3. The number of non-ortho nitro benzene ring substituents is 1. The van der Waals surface area contributed by atoms with Crippen LogP contribution in [0.4, 0.5) is 5.69 Å². The maximum Gasteiger partial charge on any atom is 0.269 e. The largest absolute Gasteiger partial charge is 0.330 e. The molecule has 1 aliphatic carbocycles. The van der Waals surface area contributed by atoms with Crippen LogP contribution in [-0.2, 0) is 0 Å². The van der Waals surface area contributed by atoms with Crippen LogP contribution in [0.25, 0.3) is 0 Å². The summed E-state index contributed by atoms with van der Waals surface area (Å²) >= 11 is 0. The molecule has 19 heavy (non-hydrogen) atoms. The molecule has 1 aromatic carbocycles. The maximum absolute atomic E-state index is 10.8. The van der Waals surface area contributed by atoms with E-state index in [1.54, 1.807) is 18.2 Å². The molecule has 4 heteroatoms. The Balaban J connectivity index is 1.94. The lowest BCUT2D eigenvalue weighted by Gasteiger charge is -2.28. The third kappa shape index (κ3) is 3.77. The molecule has 0 radical (unpaired) electrons. The highest BCUT2D eigenvalue weighted by Gasteiger charge is 2.22. The van der Waals surface area contributed by atoms with Crippen LogP contribution >= 0.6 is 0 Å². The number of nitrogens with zero attached hydrogens (tertiary/aromatic N) is 1. The van der Waals surface area contributed by atoms with Crippen molar-refractivity contribution in [2.75, 3.05) is 6.54 Å². The summed E-state index contributed by atoms with van der Waals surface area (Å²) in [4.78, 5) is 10.5. The van der Waals surface area contributed by atoms with Gasteiger partial charge in [0.2, 0.25) is 0 Å². The second-order valence-corrected chi connectivity index (χ2v) is 5.50. The van der Waals surface area contributed by atoms with Crippen molar-refractivity contribution in [3.05, 3.63) is 39.9 Å². The summed E-state index contributed by atoms with van der Waals surface area (Å²) < 4.78 is 0. The maximum atomic E-state index is 10.8. The highest BCUT2D eigenvalue weighted by Crippen LogP contribution is 2.38. The Morgan fingerprint density at radius 2 is 2.00 bits per heavy atom. The van der Waals surface area contributed by atoms with Gasteiger partial charge in [-0.15, -0.1) is 0 Å². The van der Waals surface area contributed by atoms with Gasteiger partial charge in [-0.2, -0.15) is 0 Å². The minimum absolute atomic E-state index is 0.211. The van der Waals surface area contributed by atoms with Crippen LogP contribution in [0, 0.1) is 16.0 Å². The smallest absolute Gasteiger partial charge is 0.269 e. The van der Waals surface area contributed by atoms with E-state index in [4.69, 9.17) is 5.73 Å². The number of benzene rings is 1. The first-order chi connectivity index (χ1) is 9.20. The molecule has 0 spiro atoms. The molecule has 4 nitrogen and oxygen atoms in total. The van der Waals surface area contributed by atoms with E-state index < -0.39 is 0 Å². The molecule has 1 saturated carbocycles. The lowest BCUT2D eigenvalue weighted by molar-refractivity contribution is -0.384. The van der Waals surface area contributed by atoms with Crippen LogP contribution in [0.2, 0.25) is 0 Å². The van der Waals surface area contributed by atoms with E-state index in [9.17, 15) is 10.1 Å². The van der Waals surface area contributed by atoms with E-state index in [1.165, 1.54) is 19.3 Å². The summed E-state index contributed by atoms with van der Waals surface area (Å²) in [5.41, 5.74) is 6.89. The van der Waals surface area contributed by atoms with E-state index in [1.807, 2.05) is 6.07 Å². The molecule has 1 aliphatic rings. The molecule has 0 aliphatic heterocycles. The predicted molar refractivity (Wildman–Crippen MR) is 76.1 cm³/mol. The van der Waals surface area contributed by atoms with Gasteiger partial charge in [0.25, 0.3) is 5.69 Å². The fourth-order valence-electron chi connectivity index (χ4n) is 3.08. The molecule has 0 unspecified atom stereocenters. The first-order valence-corrected chi connectivity index (χ1v) is 7.15. The molecular formula is C15H22N2O2. The number of hydrogen-bond donors (Lipinski definition) is 1. The fourth-order valence-corrected chi connectivity index (χ4v) is 3.08. The molecule has 0 amide bonds. The van der Waals surface area contributed by atoms with Crippen molar-refractivity contribution in [1.29, 1.82) is 0 Å². The molecule has 0 saturated heterocycles. The lowest BCUT2D eigenvalue weighted by atomic mass is 9.77. The normalized spacial score (nSPS) is 23.2. The summed E-state index contributed by atoms with van der Waals surface area (Å²) in [5.74, 6) is 1.30. The van der Waals surface area contributed by atoms with Gasteiger partial charge in [0, 0.05) is 12.1 Å². The highest BCUT2D eigenvalue weighted by atomic mass is 16.6.